The summed E-state index contributed by atoms with van der Waals surface area (Å²) in [4.78, 5) is -0.438. The molecule has 0 amide bonds. The maximum absolute atomic E-state index is 13.2. The number of benzene rings is 1. The highest BCUT2D eigenvalue weighted by Crippen LogP contribution is 2.20. The number of halogens is 2. The van der Waals surface area contributed by atoms with E-state index in [-0.39, 0.29) is 25.7 Å². The van der Waals surface area contributed by atoms with Crippen molar-refractivity contribution in [3.8, 4) is 0 Å². The fourth-order valence-electron chi connectivity index (χ4n) is 2.41. The number of nitrogens with zero attached hydrogens (tertiary/aromatic N) is 1. The van der Waals surface area contributed by atoms with Crippen molar-refractivity contribution in [3.63, 3.8) is 0 Å². The minimum absolute atomic E-state index is 0.00951. The molecule has 0 spiro atoms. The van der Waals surface area contributed by atoms with Crippen molar-refractivity contribution in [1.29, 1.82) is 0 Å². The fraction of sp³-hybridized carbons (Fsp3) is 0.538. The molecule has 0 aromatic heterocycles. The van der Waals surface area contributed by atoms with E-state index in [4.69, 9.17) is 5.11 Å². The van der Waals surface area contributed by atoms with Gasteiger partial charge in [-0.05, 0) is 31.5 Å². The summed E-state index contributed by atoms with van der Waals surface area (Å²) >= 11 is 0. The van der Waals surface area contributed by atoms with E-state index in [9.17, 15) is 17.2 Å². The zero-order valence-electron chi connectivity index (χ0n) is 11.4. The van der Waals surface area contributed by atoms with Gasteiger partial charge in [0.2, 0.25) is 10.0 Å². The second-order valence-electron chi connectivity index (χ2n) is 4.99. The molecule has 2 rings (SSSR count). The second kappa shape index (κ2) is 6.78. The summed E-state index contributed by atoms with van der Waals surface area (Å²) in [6, 6.07) is 2.17. The summed E-state index contributed by atoms with van der Waals surface area (Å²) in [7, 11) is -4.04. The van der Waals surface area contributed by atoms with Crippen LogP contribution in [-0.4, -0.2) is 50.1 Å². The topological polar surface area (TPSA) is 69.6 Å². The molecule has 1 saturated heterocycles. The number of hydrogen-bond donors (Lipinski definition) is 2. The van der Waals surface area contributed by atoms with Gasteiger partial charge >= 0.3 is 0 Å². The maximum Gasteiger partial charge on any atom is 0.243 e. The van der Waals surface area contributed by atoms with Crippen molar-refractivity contribution < 1.29 is 22.3 Å². The lowest BCUT2D eigenvalue weighted by Gasteiger charge is -2.24. The zero-order valence-corrected chi connectivity index (χ0v) is 12.2. The Morgan fingerprint density at radius 3 is 2.48 bits per heavy atom. The van der Waals surface area contributed by atoms with Crippen molar-refractivity contribution >= 4 is 10.0 Å². The van der Waals surface area contributed by atoms with Gasteiger partial charge in [-0.2, -0.15) is 4.31 Å². The molecule has 0 saturated carbocycles. The predicted octanol–water partition coefficient (Wildman–Crippen LogP) is 0.700. The molecule has 1 aromatic rings. The SMILES string of the molecule is O=S(=O)(c1cc(F)cc(F)c1)N(CCO)CC1CCCN1. The van der Waals surface area contributed by atoms with E-state index in [1.54, 1.807) is 0 Å². The van der Waals surface area contributed by atoms with Gasteiger partial charge in [-0.3, -0.25) is 0 Å². The van der Waals surface area contributed by atoms with Gasteiger partial charge in [0.25, 0.3) is 0 Å². The number of nitrogens with one attached hydrogen (secondary N) is 1. The zero-order chi connectivity index (χ0) is 15.5. The molecule has 0 radical (unpaired) electrons. The van der Waals surface area contributed by atoms with Gasteiger partial charge in [0.05, 0.1) is 11.5 Å². The molecule has 1 aliphatic rings. The largest absolute Gasteiger partial charge is 0.395 e. The van der Waals surface area contributed by atoms with Crippen LogP contribution in [0.15, 0.2) is 23.1 Å². The quantitative estimate of drug-likeness (QED) is 0.809. The van der Waals surface area contributed by atoms with Crippen molar-refractivity contribution in [1.82, 2.24) is 9.62 Å². The first-order chi connectivity index (χ1) is 9.93. The highest BCUT2D eigenvalue weighted by Gasteiger charge is 2.28. The summed E-state index contributed by atoms with van der Waals surface area (Å²) in [6.07, 6.45) is 1.78. The molecule has 1 unspecified atom stereocenters. The number of rotatable bonds is 6. The Morgan fingerprint density at radius 1 is 1.29 bits per heavy atom. The third-order valence-electron chi connectivity index (χ3n) is 3.41. The molecule has 2 N–H and O–H groups in total. The Labute approximate surface area is 122 Å². The molecule has 118 valence electrons. The van der Waals surface area contributed by atoms with Crippen LogP contribution in [0.2, 0.25) is 0 Å². The van der Waals surface area contributed by atoms with Crippen LogP contribution in [-0.2, 0) is 10.0 Å². The molecule has 5 nitrogen and oxygen atoms in total. The molecule has 8 heteroatoms. The number of aliphatic hydroxyl groups excluding tert-OH is 1. The van der Waals surface area contributed by atoms with Crippen molar-refractivity contribution in [3.05, 3.63) is 29.8 Å². The number of aliphatic hydroxyl groups is 1. The van der Waals surface area contributed by atoms with Crippen LogP contribution in [0.25, 0.3) is 0 Å². The first-order valence-corrected chi connectivity index (χ1v) is 8.18. The third kappa shape index (κ3) is 3.97. The Hall–Kier alpha value is -1.09. The molecule has 1 aromatic carbocycles. The van der Waals surface area contributed by atoms with Gasteiger partial charge in [-0.25, -0.2) is 17.2 Å². The molecule has 0 bridgehead atoms. The Bertz CT molecular complexity index is 569. The molecule has 1 fully saturated rings. The third-order valence-corrected chi connectivity index (χ3v) is 5.25. The van der Waals surface area contributed by atoms with E-state index < -0.39 is 26.6 Å². The van der Waals surface area contributed by atoms with Crippen LogP contribution in [0.1, 0.15) is 12.8 Å². The van der Waals surface area contributed by atoms with E-state index in [0.717, 1.165) is 35.8 Å². The molecule has 21 heavy (non-hydrogen) atoms. The maximum atomic E-state index is 13.2. The average molecular weight is 320 g/mol. The fourth-order valence-corrected chi connectivity index (χ4v) is 3.93. The molecular weight excluding hydrogens is 302 g/mol. The normalized spacial score (nSPS) is 19.3. The number of hydrogen-bond acceptors (Lipinski definition) is 4. The second-order valence-corrected chi connectivity index (χ2v) is 6.92. The van der Waals surface area contributed by atoms with E-state index >= 15 is 0 Å². The van der Waals surface area contributed by atoms with Gasteiger partial charge in [0, 0.05) is 25.2 Å². The van der Waals surface area contributed by atoms with Gasteiger partial charge in [0.15, 0.2) is 0 Å². The van der Waals surface area contributed by atoms with Crippen LogP contribution in [0.5, 0.6) is 0 Å². The van der Waals surface area contributed by atoms with E-state index in [2.05, 4.69) is 5.32 Å². The molecule has 1 atom stereocenters. The molecule has 1 heterocycles. The first kappa shape index (κ1) is 16.3. The minimum Gasteiger partial charge on any atom is -0.395 e. The molecular formula is C13H18F2N2O3S. The summed E-state index contributed by atoms with van der Waals surface area (Å²) in [5.41, 5.74) is 0. The van der Waals surface area contributed by atoms with Gasteiger partial charge < -0.3 is 10.4 Å². The van der Waals surface area contributed by atoms with Crippen LogP contribution in [0, 0.1) is 11.6 Å². The predicted molar refractivity (Wildman–Crippen MR) is 73.2 cm³/mol. The Morgan fingerprint density at radius 2 is 1.95 bits per heavy atom. The lowest BCUT2D eigenvalue weighted by atomic mass is 10.2. The van der Waals surface area contributed by atoms with E-state index in [1.165, 1.54) is 0 Å². The van der Waals surface area contributed by atoms with E-state index in [0.29, 0.717) is 6.07 Å². The van der Waals surface area contributed by atoms with Crippen molar-refractivity contribution in [2.24, 2.45) is 0 Å². The Balaban J connectivity index is 2.27. The summed E-state index contributed by atoms with van der Waals surface area (Å²) in [6.45, 7) is 0.510. The van der Waals surface area contributed by atoms with Crippen LogP contribution in [0.4, 0.5) is 8.78 Å². The minimum atomic E-state index is -4.04. The first-order valence-electron chi connectivity index (χ1n) is 6.74. The lowest BCUT2D eigenvalue weighted by Crippen LogP contribution is -2.42. The smallest absolute Gasteiger partial charge is 0.243 e. The monoisotopic (exact) mass is 320 g/mol. The van der Waals surface area contributed by atoms with E-state index in [1.807, 2.05) is 0 Å². The number of sulfonamides is 1. The van der Waals surface area contributed by atoms with Gasteiger partial charge in [-0.15, -0.1) is 0 Å². The lowest BCUT2D eigenvalue weighted by molar-refractivity contribution is 0.246. The highest BCUT2D eigenvalue weighted by atomic mass is 32.2. The summed E-state index contributed by atoms with van der Waals surface area (Å²) < 4.78 is 52.5. The average Bonchev–Trinajstić information content (AvgIpc) is 2.90. The molecule has 1 aliphatic heterocycles. The van der Waals surface area contributed by atoms with Crippen molar-refractivity contribution in [2.75, 3.05) is 26.2 Å². The van der Waals surface area contributed by atoms with Crippen LogP contribution in [0.3, 0.4) is 0 Å². The van der Waals surface area contributed by atoms with Crippen molar-refractivity contribution in [2.45, 2.75) is 23.8 Å². The molecule has 0 aliphatic carbocycles. The van der Waals surface area contributed by atoms with Gasteiger partial charge in [-0.1, -0.05) is 0 Å². The Kier molecular flexibility index (Phi) is 5.26. The van der Waals surface area contributed by atoms with Gasteiger partial charge in [0.1, 0.15) is 11.6 Å². The summed E-state index contributed by atoms with van der Waals surface area (Å²) in [5.74, 6) is -1.90. The summed E-state index contributed by atoms with van der Waals surface area (Å²) in [5, 5.41) is 12.2. The standard InChI is InChI=1S/C13H18F2N2O3S/c14-10-6-11(15)8-13(7-10)21(19,20)17(4-5-18)9-12-2-1-3-16-12/h6-8,12,16,18H,1-5,9H2. The van der Waals surface area contributed by atoms with Crippen LogP contribution < -0.4 is 5.32 Å². The van der Waals surface area contributed by atoms with Crippen LogP contribution >= 0.6 is 0 Å². The highest BCUT2D eigenvalue weighted by molar-refractivity contribution is 7.89.